The Morgan fingerprint density at radius 2 is 2.06 bits per heavy atom. The summed E-state index contributed by atoms with van der Waals surface area (Å²) in [5.74, 6) is 0.261. The van der Waals surface area contributed by atoms with Crippen LogP contribution in [0.25, 0.3) is 17.4 Å². The van der Waals surface area contributed by atoms with Crippen LogP contribution < -0.4 is 10.1 Å². The highest BCUT2D eigenvalue weighted by atomic mass is 35.5. The van der Waals surface area contributed by atoms with Crippen molar-refractivity contribution in [3.05, 3.63) is 80.6 Å². The minimum atomic E-state index is -0.626. The summed E-state index contributed by atoms with van der Waals surface area (Å²) in [5.41, 5.74) is 1.21. The maximum Gasteiger partial charge on any atom is 0.270 e. The molecule has 0 saturated carbocycles. The number of hydrogen-bond donors (Lipinski definition) is 1. The number of nitrogens with one attached hydrogen (secondary N) is 1. The van der Waals surface area contributed by atoms with Gasteiger partial charge < -0.3 is 14.5 Å². The summed E-state index contributed by atoms with van der Waals surface area (Å²) in [5, 5.41) is 23.6. The molecule has 0 saturated heterocycles. The highest BCUT2D eigenvalue weighted by Crippen LogP contribution is 2.34. The van der Waals surface area contributed by atoms with Crippen LogP contribution in [0.15, 0.2) is 58.5 Å². The van der Waals surface area contributed by atoms with Crippen LogP contribution >= 0.6 is 11.6 Å². The summed E-state index contributed by atoms with van der Waals surface area (Å²) in [6, 6.07) is 14.1. The lowest BCUT2D eigenvalue weighted by Gasteiger charge is -2.08. The number of halogens is 1. The summed E-state index contributed by atoms with van der Waals surface area (Å²) in [6.45, 7) is 1.75. The monoisotopic (exact) mass is 437 g/mol. The van der Waals surface area contributed by atoms with Gasteiger partial charge in [-0.1, -0.05) is 17.7 Å². The van der Waals surface area contributed by atoms with Gasteiger partial charge in [0.25, 0.3) is 11.6 Å². The number of ether oxygens (including phenoxy) is 1. The van der Waals surface area contributed by atoms with Crippen molar-refractivity contribution < 1.29 is 18.9 Å². The van der Waals surface area contributed by atoms with Crippen LogP contribution in [0.2, 0.25) is 5.02 Å². The Bertz CT molecular complexity index is 1240. The average Bonchev–Trinajstić information content (AvgIpc) is 3.23. The predicted octanol–water partition coefficient (Wildman–Crippen LogP) is 5.37. The number of nitrogens with zero attached hydrogens (tertiary/aromatic N) is 2. The molecule has 156 valence electrons. The number of nitriles is 1. The first kappa shape index (κ1) is 21.6. The number of carbonyl (C=O) groups is 1. The fourth-order valence-corrected chi connectivity index (χ4v) is 2.98. The van der Waals surface area contributed by atoms with Crippen molar-refractivity contribution in [2.45, 2.75) is 6.92 Å². The maximum atomic E-state index is 12.5. The lowest BCUT2D eigenvalue weighted by atomic mass is 10.1. The zero-order chi connectivity index (χ0) is 22.5. The molecule has 3 rings (SSSR count). The number of nitro benzene ring substituents is 1. The van der Waals surface area contributed by atoms with Crippen molar-refractivity contribution in [3.63, 3.8) is 0 Å². The third kappa shape index (κ3) is 4.74. The summed E-state index contributed by atoms with van der Waals surface area (Å²) in [4.78, 5) is 23.1. The first-order valence-electron chi connectivity index (χ1n) is 8.95. The average molecular weight is 438 g/mol. The van der Waals surface area contributed by atoms with Crippen LogP contribution in [0, 0.1) is 28.4 Å². The number of hydrogen-bond acceptors (Lipinski definition) is 6. The third-order valence-electron chi connectivity index (χ3n) is 4.45. The molecule has 0 fully saturated rings. The quantitative estimate of drug-likeness (QED) is 0.239. The summed E-state index contributed by atoms with van der Waals surface area (Å²) in [6.07, 6.45) is 1.28. The van der Waals surface area contributed by atoms with E-state index >= 15 is 0 Å². The summed E-state index contributed by atoms with van der Waals surface area (Å²) >= 11 is 6.06. The van der Waals surface area contributed by atoms with Gasteiger partial charge in [0.05, 0.1) is 17.6 Å². The second-order valence-corrected chi connectivity index (χ2v) is 6.79. The Balaban J connectivity index is 1.90. The molecule has 0 unspecified atom stereocenters. The smallest absolute Gasteiger partial charge is 0.270 e. The van der Waals surface area contributed by atoms with E-state index in [2.05, 4.69) is 5.32 Å². The molecular formula is C22H16ClN3O5. The molecule has 31 heavy (non-hydrogen) atoms. The van der Waals surface area contributed by atoms with Gasteiger partial charge in [0, 0.05) is 28.9 Å². The number of methoxy groups -OCH3 is 1. The van der Waals surface area contributed by atoms with Crippen LogP contribution in [0.5, 0.6) is 5.75 Å². The highest BCUT2D eigenvalue weighted by molar-refractivity contribution is 6.31. The van der Waals surface area contributed by atoms with Crippen molar-refractivity contribution >= 4 is 35.0 Å². The molecule has 3 aromatic rings. The normalized spacial score (nSPS) is 11.0. The minimum absolute atomic E-state index is 0.127. The first-order valence-corrected chi connectivity index (χ1v) is 9.32. The van der Waals surface area contributed by atoms with E-state index in [0.717, 1.165) is 0 Å². The SMILES string of the molecule is COc1ccc([N+](=O)[O-])cc1-c1ccc(/C=C(/C#N)C(=O)Nc2cccc(Cl)c2C)o1. The van der Waals surface area contributed by atoms with Gasteiger partial charge in [-0.05, 0) is 42.8 Å². The second-order valence-electron chi connectivity index (χ2n) is 6.38. The lowest BCUT2D eigenvalue weighted by molar-refractivity contribution is -0.384. The van der Waals surface area contributed by atoms with Gasteiger partial charge in [-0.25, -0.2) is 0 Å². The Morgan fingerprint density at radius 1 is 1.29 bits per heavy atom. The van der Waals surface area contributed by atoms with Crippen LogP contribution in [-0.2, 0) is 4.79 Å². The van der Waals surface area contributed by atoms with E-state index in [1.807, 2.05) is 6.07 Å². The van der Waals surface area contributed by atoms with Gasteiger partial charge in [0.15, 0.2) is 0 Å². The molecule has 1 amide bonds. The van der Waals surface area contributed by atoms with Gasteiger partial charge in [-0.2, -0.15) is 5.26 Å². The fourth-order valence-electron chi connectivity index (χ4n) is 2.80. The Morgan fingerprint density at radius 3 is 2.74 bits per heavy atom. The van der Waals surface area contributed by atoms with Gasteiger partial charge in [-0.15, -0.1) is 0 Å². The fraction of sp³-hybridized carbons (Fsp3) is 0.0909. The number of amides is 1. The van der Waals surface area contributed by atoms with E-state index in [1.54, 1.807) is 37.3 Å². The van der Waals surface area contributed by atoms with Crippen molar-refractivity contribution in [1.82, 2.24) is 0 Å². The molecule has 9 heteroatoms. The molecule has 1 N–H and O–H groups in total. The van der Waals surface area contributed by atoms with Gasteiger partial charge in [-0.3, -0.25) is 14.9 Å². The molecule has 0 aliphatic carbocycles. The molecule has 1 aromatic heterocycles. The van der Waals surface area contributed by atoms with E-state index in [-0.39, 0.29) is 22.8 Å². The standard InChI is InChI=1S/C22H16ClN3O5/c1-13-18(23)4-3-5-19(13)25-22(27)14(12-24)10-16-7-9-21(31-16)17-11-15(26(28)29)6-8-20(17)30-2/h3-11H,1-2H3,(H,25,27)/b14-10-. The Hall–Kier alpha value is -4.09. The van der Waals surface area contributed by atoms with Crippen molar-refractivity contribution in [1.29, 1.82) is 5.26 Å². The summed E-state index contributed by atoms with van der Waals surface area (Å²) in [7, 11) is 1.43. The van der Waals surface area contributed by atoms with E-state index in [4.69, 9.17) is 20.8 Å². The van der Waals surface area contributed by atoms with Crippen LogP contribution in [0.3, 0.4) is 0 Å². The molecular weight excluding hydrogens is 422 g/mol. The van der Waals surface area contributed by atoms with E-state index in [0.29, 0.717) is 27.6 Å². The zero-order valence-corrected chi connectivity index (χ0v) is 17.3. The van der Waals surface area contributed by atoms with E-state index in [1.165, 1.54) is 31.4 Å². The number of non-ortho nitro benzene ring substituents is 1. The molecule has 0 aliphatic rings. The number of carbonyl (C=O) groups excluding carboxylic acids is 1. The van der Waals surface area contributed by atoms with Crippen LogP contribution in [-0.4, -0.2) is 17.9 Å². The number of anilines is 1. The van der Waals surface area contributed by atoms with Crippen LogP contribution in [0.1, 0.15) is 11.3 Å². The van der Waals surface area contributed by atoms with Gasteiger partial charge in [0.1, 0.15) is 28.9 Å². The molecule has 8 nitrogen and oxygen atoms in total. The zero-order valence-electron chi connectivity index (χ0n) is 16.5. The van der Waals surface area contributed by atoms with Gasteiger partial charge in [0.2, 0.25) is 0 Å². The first-order chi connectivity index (χ1) is 14.8. The molecule has 0 atom stereocenters. The predicted molar refractivity (Wildman–Crippen MR) is 116 cm³/mol. The number of nitro groups is 1. The molecule has 0 aliphatic heterocycles. The van der Waals surface area contributed by atoms with E-state index in [9.17, 15) is 20.2 Å². The minimum Gasteiger partial charge on any atom is -0.496 e. The largest absolute Gasteiger partial charge is 0.496 e. The number of rotatable bonds is 6. The highest BCUT2D eigenvalue weighted by Gasteiger charge is 2.17. The molecule has 0 radical (unpaired) electrons. The molecule has 2 aromatic carbocycles. The Kier molecular flexibility index (Phi) is 6.38. The molecule has 0 bridgehead atoms. The third-order valence-corrected chi connectivity index (χ3v) is 4.86. The van der Waals surface area contributed by atoms with E-state index < -0.39 is 10.8 Å². The topological polar surface area (TPSA) is 118 Å². The van der Waals surface area contributed by atoms with Crippen molar-refractivity contribution in [2.24, 2.45) is 0 Å². The lowest BCUT2D eigenvalue weighted by Crippen LogP contribution is -2.14. The van der Waals surface area contributed by atoms with Crippen LogP contribution in [0.4, 0.5) is 11.4 Å². The van der Waals surface area contributed by atoms with Gasteiger partial charge >= 0.3 is 0 Å². The van der Waals surface area contributed by atoms with Crippen molar-refractivity contribution in [2.75, 3.05) is 12.4 Å². The molecule has 0 spiro atoms. The number of benzene rings is 2. The Labute approximate surface area is 182 Å². The second kappa shape index (κ2) is 9.15. The number of furan rings is 1. The molecule has 1 heterocycles. The maximum absolute atomic E-state index is 12.5. The van der Waals surface area contributed by atoms with Crippen molar-refractivity contribution in [3.8, 4) is 23.1 Å². The summed E-state index contributed by atoms with van der Waals surface area (Å²) < 4.78 is 10.9.